The largest absolute Gasteiger partial charge is 0.462 e. The van der Waals surface area contributed by atoms with E-state index in [1.165, 1.54) is 16.8 Å². The number of aromatic amines is 1. The van der Waals surface area contributed by atoms with E-state index in [1.54, 1.807) is 44.2 Å². The molecule has 0 radical (unpaired) electrons. The Labute approximate surface area is 190 Å². The maximum atomic E-state index is 13.3. The predicted octanol–water partition coefficient (Wildman–Crippen LogP) is 2.21. The van der Waals surface area contributed by atoms with Crippen molar-refractivity contribution in [3.05, 3.63) is 63.4 Å². The third-order valence-corrected chi connectivity index (χ3v) is 6.25. The number of benzene rings is 1. The second-order valence-electron chi connectivity index (χ2n) is 7.95. The van der Waals surface area contributed by atoms with E-state index in [0.717, 1.165) is 0 Å². The minimum atomic E-state index is -3.97. The molecule has 12 heteroatoms. The molecule has 1 aromatic heterocycles. The summed E-state index contributed by atoms with van der Waals surface area (Å²) in [7, 11) is -3.97. The Hall–Kier alpha value is -2.72. The Kier molecular flexibility index (Phi) is 8.25. The van der Waals surface area contributed by atoms with E-state index >= 15 is 0 Å². The number of aromatic nitrogens is 2. The van der Waals surface area contributed by atoms with Crippen LogP contribution in [0, 0.1) is 5.92 Å². The number of carbonyl (C=O) groups is 1. The molecule has 2 N–H and O–H groups in total. The Morgan fingerprint density at radius 3 is 2.67 bits per heavy atom. The van der Waals surface area contributed by atoms with Gasteiger partial charge in [-0.3, -0.25) is 23.7 Å². The Balaban J connectivity index is 1.66. The van der Waals surface area contributed by atoms with E-state index in [2.05, 4.69) is 10.1 Å². The molecule has 33 heavy (non-hydrogen) atoms. The predicted molar refractivity (Wildman–Crippen MR) is 119 cm³/mol. The number of esters is 1. The third-order valence-electron chi connectivity index (χ3n) is 4.76. The molecule has 1 aliphatic heterocycles. The quantitative estimate of drug-likeness (QED) is 0.386. The summed E-state index contributed by atoms with van der Waals surface area (Å²) in [5.41, 5.74) is -1.08. The smallest absolute Gasteiger partial charge is 0.459 e. The number of nitrogens with one attached hydrogen (secondary N) is 2. The van der Waals surface area contributed by atoms with Gasteiger partial charge in [0.05, 0.1) is 18.8 Å². The summed E-state index contributed by atoms with van der Waals surface area (Å²) >= 11 is 0. The van der Waals surface area contributed by atoms with Crippen molar-refractivity contribution in [1.82, 2.24) is 14.6 Å². The average Bonchev–Trinajstić information content (AvgIpc) is 3.12. The summed E-state index contributed by atoms with van der Waals surface area (Å²) in [5.74, 6) is -0.386. The lowest BCUT2D eigenvalue weighted by Crippen LogP contribution is -2.33. The number of H-pyrrole nitrogens is 1. The Bertz CT molecular complexity index is 1100. The van der Waals surface area contributed by atoms with Gasteiger partial charge in [-0.25, -0.2) is 14.4 Å². The van der Waals surface area contributed by atoms with Crippen molar-refractivity contribution < 1.29 is 27.9 Å². The van der Waals surface area contributed by atoms with Crippen molar-refractivity contribution in [3.63, 3.8) is 0 Å². The van der Waals surface area contributed by atoms with Gasteiger partial charge in [0.1, 0.15) is 18.5 Å². The average molecular weight is 481 g/mol. The summed E-state index contributed by atoms with van der Waals surface area (Å²) in [6.45, 7) is 4.81. The summed E-state index contributed by atoms with van der Waals surface area (Å²) in [4.78, 5) is 37.5. The number of para-hydroxylation sites is 1. The molecule has 4 atom stereocenters. The molecule has 1 aliphatic rings. The van der Waals surface area contributed by atoms with Crippen molar-refractivity contribution in [1.29, 1.82) is 0 Å². The topological polar surface area (TPSA) is 138 Å². The van der Waals surface area contributed by atoms with Crippen LogP contribution < -0.4 is 20.9 Å². The van der Waals surface area contributed by atoms with Gasteiger partial charge in [0.15, 0.2) is 0 Å². The first-order chi connectivity index (χ1) is 15.6. The van der Waals surface area contributed by atoms with Crippen molar-refractivity contribution in [2.45, 2.75) is 45.6 Å². The molecule has 4 unspecified atom stereocenters. The zero-order chi connectivity index (χ0) is 24.0. The first-order valence-electron chi connectivity index (χ1n) is 10.6. The fraction of sp³-hybridized carbons (Fsp3) is 0.476. The SMILES string of the molecule is CC(C)OC(=O)CNP(=O)(OCC1CC(C)C(n2ccc(=O)[nH]c2=O)O1)Oc1ccccc1. The van der Waals surface area contributed by atoms with Gasteiger partial charge < -0.3 is 14.0 Å². The number of nitrogens with zero attached hydrogens (tertiary/aromatic N) is 1. The second-order valence-corrected chi connectivity index (χ2v) is 9.70. The van der Waals surface area contributed by atoms with Crippen molar-refractivity contribution in [2.75, 3.05) is 13.2 Å². The lowest BCUT2D eigenvalue weighted by Gasteiger charge is -2.22. The van der Waals surface area contributed by atoms with Crippen LogP contribution in [0.5, 0.6) is 5.75 Å². The van der Waals surface area contributed by atoms with Gasteiger partial charge in [0, 0.05) is 18.2 Å². The highest BCUT2D eigenvalue weighted by atomic mass is 31.2. The first kappa shape index (κ1) is 24.9. The molecule has 11 nitrogen and oxygen atoms in total. The van der Waals surface area contributed by atoms with Gasteiger partial charge in [-0.05, 0) is 32.4 Å². The molecular formula is C21H28N3O8P. The minimum Gasteiger partial charge on any atom is -0.462 e. The van der Waals surface area contributed by atoms with Crippen LogP contribution in [0.15, 0.2) is 52.2 Å². The van der Waals surface area contributed by atoms with E-state index in [1.807, 2.05) is 6.92 Å². The van der Waals surface area contributed by atoms with Crippen LogP contribution in [-0.4, -0.2) is 40.9 Å². The molecule has 2 heterocycles. The molecule has 0 amide bonds. The van der Waals surface area contributed by atoms with E-state index in [9.17, 15) is 18.9 Å². The molecule has 0 spiro atoms. The fourth-order valence-corrected chi connectivity index (χ4v) is 4.66. The third kappa shape index (κ3) is 7.13. The van der Waals surface area contributed by atoms with Crippen LogP contribution >= 0.6 is 7.75 Å². The number of hydrogen-bond donors (Lipinski definition) is 2. The Morgan fingerprint density at radius 2 is 2.00 bits per heavy atom. The van der Waals surface area contributed by atoms with Gasteiger partial charge in [-0.15, -0.1) is 0 Å². The second kappa shape index (κ2) is 10.9. The monoisotopic (exact) mass is 481 g/mol. The lowest BCUT2D eigenvalue weighted by atomic mass is 10.1. The summed E-state index contributed by atoms with van der Waals surface area (Å²) < 4.78 is 36.8. The van der Waals surface area contributed by atoms with Gasteiger partial charge in [-0.2, -0.15) is 0 Å². The van der Waals surface area contributed by atoms with Gasteiger partial charge in [0.25, 0.3) is 5.56 Å². The lowest BCUT2D eigenvalue weighted by molar-refractivity contribution is -0.145. The molecule has 3 rings (SSSR count). The van der Waals surface area contributed by atoms with Crippen LogP contribution in [0.4, 0.5) is 0 Å². The van der Waals surface area contributed by atoms with E-state index in [0.29, 0.717) is 12.2 Å². The van der Waals surface area contributed by atoms with Gasteiger partial charge in [0.2, 0.25) is 0 Å². The van der Waals surface area contributed by atoms with Crippen molar-refractivity contribution in [2.24, 2.45) is 5.92 Å². The molecular weight excluding hydrogens is 453 g/mol. The highest BCUT2D eigenvalue weighted by Crippen LogP contribution is 2.45. The molecule has 0 aliphatic carbocycles. The van der Waals surface area contributed by atoms with Crippen LogP contribution in [0.25, 0.3) is 0 Å². The highest BCUT2D eigenvalue weighted by molar-refractivity contribution is 7.52. The zero-order valence-corrected chi connectivity index (χ0v) is 19.5. The van der Waals surface area contributed by atoms with Gasteiger partial charge in [-0.1, -0.05) is 25.1 Å². The molecule has 1 fully saturated rings. The van der Waals surface area contributed by atoms with Crippen LogP contribution in [0.3, 0.4) is 0 Å². The number of rotatable bonds is 10. The van der Waals surface area contributed by atoms with E-state index < -0.39 is 37.3 Å². The normalized spacial score (nSPS) is 22.1. The molecule has 180 valence electrons. The van der Waals surface area contributed by atoms with Crippen LogP contribution in [0.2, 0.25) is 0 Å². The van der Waals surface area contributed by atoms with E-state index in [4.69, 9.17) is 18.5 Å². The molecule has 0 bridgehead atoms. The van der Waals surface area contributed by atoms with E-state index in [-0.39, 0.29) is 25.2 Å². The van der Waals surface area contributed by atoms with Gasteiger partial charge >= 0.3 is 19.4 Å². The number of ether oxygens (including phenoxy) is 2. The Morgan fingerprint density at radius 1 is 1.27 bits per heavy atom. The zero-order valence-electron chi connectivity index (χ0n) is 18.6. The number of hydrogen-bond acceptors (Lipinski definition) is 8. The minimum absolute atomic E-state index is 0.0781. The van der Waals surface area contributed by atoms with Crippen molar-refractivity contribution in [3.8, 4) is 5.75 Å². The molecule has 0 saturated carbocycles. The maximum Gasteiger partial charge on any atom is 0.459 e. The van der Waals surface area contributed by atoms with Crippen LogP contribution in [-0.2, 0) is 23.4 Å². The molecule has 1 aromatic carbocycles. The standard InChI is InChI=1S/C21H28N3O8P/c1-14(2)30-19(26)12-22-33(28,32-16-7-5-4-6-8-16)29-13-17-11-15(3)20(31-17)24-10-9-18(25)23-21(24)27/h4-10,14-15,17,20H,11-13H2,1-3H3,(H,22,28)(H,23,25,27). The summed E-state index contributed by atoms with van der Waals surface area (Å²) in [6.07, 6.45) is 0.442. The molecule has 1 saturated heterocycles. The van der Waals surface area contributed by atoms with Crippen LogP contribution in [0.1, 0.15) is 33.4 Å². The van der Waals surface area contributed by atoms with Crippen molar-refractivity contribution >= 4 is 13.7 Å². The molecule has 2 aromatic rings. The first-order valence-corrected chi connectivity index (χ1v) is 12.1. The highest BCUT2D eigenvalue weighted by Gasteiger charge is 2.37. The fourth-order valence-electron chi connectivity index (χ4n) is 3.36. The summed E-state index contributed by atoms with van der Waals surface area (Å²) in [6, 6.07) is 9.65. The summed E-state index contributed by atoms with van der Waals surface area (Å²) in [5, 5.41) is 2.53. The maximum absolute atomic E-state index is 13.3. The number of carbonyl (C=O) groups excluding carboxylic acids is 1.